The normalized spacial score (nSPS) is 23.8. The van der Waals surface area contributed by atoms with Crippen molar-refractivity contribution in [1.29, 1.82) is 5.26 Å². The molecule has 3 nitrogen and oxygen atoms in total. The highest BCUT2D eigenvalue weighted by molar-refractivity contribution is 5.03. The quantitative estimate of drug-likeness (QED) is 0.685. The van der Waals surface area contributed by atoms with E-state index in [-0.39, 0.29) is 5.54 Å². The van der Waals surface area contributed by atoms with Gasteiger partial charge in [-0.3, -0.25) is 5.32 Å². The molecule has 0 amide bonds. The molecule has 2 unspecified atom stereocenters. The van der Waals surface area contributed by atoms with Gasteiger partial charge in [-0.05, 0) is 64.6 Å². The van der Waals surface area contributed by atoms with Crippen LogP contribution < -0.4 is 5.32 Å². The fraction of sp³-hybridized carbons (Fsp3) is 0.938. The molecule has 19 heavy (non-hydrogen) atoms. The van der Waals surface area contributed by atoms with E-state index >= 15 is 0 Å². The molecule has 1 aliphatic heterocycles. The zero-order valence-electron chi connectivity index (χ0n) is 13.0. The standard InChI is InChI=1S/C16H31N3/c1-4-15-9-8-12-19(13-15)11-7-6-10-16(3,14-17)18-5-2/h15,18H,4-13H2,1-3H3. The molecule has 0 aliphatic carbocycles. The van der Waals surface area contributed by atoms with Crippen LogP contribution in [-0.4, -0.2) is 36.6 Å². The van der Waals surface area contributed by atoms with Gasteiger partial charge in [0.25, 0.3) is 0 Å². The van der Waals surface area contributed by atoms with Gasteiger partial charge in [-0.2, -0.15) is 5.26 Å². The molecule has 0 spiro atoms. The van der Waals surface area contributed by atoms with Crippen molar-refractivity contribution in [3.63, 3.8) is 0 Å². The van der Waals surface area contributed by atoms with Crippen LogP contribution in [0, 0.1) is 17.2 Å². The average Bonchev–Trinajstić information content (AvgIpc) is 2.44. The molecule has 3 heteroatoms. The van der Waals surface area contributed by atoms with E-state index in [4.69, 9.17) is 0 Å². The van der Waals surface area contributed by atoms with Crippen molar-refractivity contribution in [1.82, 2.24) is 10.2 Å². The number of hydrogen-bond donors (Lipinski definition) is 1. The number of piperidine rings is 1. The predicted octanol–water partition coefficient (Wildman–Crippen LogP) is 3.17. The maximum atomic E-state index is 9.21. The lowest BCUT2D eigenvalue weighted by atomic mass is 9.94. The van der Waals surface area contributed by atoms with Crippen molar-refractivity contribution in [2.24, 2.45) is 5.92 Å². The third kappa shape index (κ3) is 5.93. The van der Waals surface area contributed by atoms with Crippen molar-refractivity contribution >= 4 is 0 Å². The van der Waals surface area contributed by atoms with Crippen LogP contribution in [0.5, 0.6) is 0 Å². The van der Waals surface area contributed by atoms with Gasteiger partial charge in [0.2, 0.25) is 0 Å². The first-order valence-corrected chi connectivity index (χ1v) is 8.02. The molecule has 110 valence electrons. The Balaban J connectivity index is 2.18. The zero-order valence-corrected chi connectivity index (χ0v) is 13.0. The van der Waals surface area contributed by atoms with Gasteiger partial charge in [-0.25, -0.2) is 0 Å². The maximum absolute atomic E-state index is 9.21. The van der Waals surface area contributed by atoms with Crippen LogP contribution in [0.1, 0.15) is 59.3 Å². The van der Waals surface area contributed by atoms with Gasteiger partial charge in [0.1, 0.15) is 5.54 Å². The highest BCUT2D eigenvalue weighted by Gasteiger charge is 2.22. The van der Waals surface area contributed by atoms with Gasteiger partial charge in [-0.1, -0.05) is 20.3 Å². The van der Waals surface area contributed by atoms with Crippen LogP contribution in [0.3, 0.4) is 0 Å². The molecule has 0 bridgehead atoms. The summed E-state index contributed by atoms with van der Waals surface area (Å²) in [5.74, 6) is 0.917. The summed E-state index contributed by atoms with van der Waals surface area (Å²) in [7, 11) is 0. The maximum Gasteiger partial charge on any atom is 0.103 e. The van der Waals surface area contributed by atoms with Crippen molar-refractivity contribution in [3.05, 3.63) is 0 Å². The third-order valence-corrected chi connectivity index (χ3v) is 4.40. The summed E-state index contributed by atoms with van der Waals surface area (Å²) in [6.07, 6.45) is 7.43. The van der Waals surface area contributed by atoms with E-state index in [2.05, 4.69) is 30.1 Å². The molecule has 1 N–H and O–H groups in total. The summed E-state index contributed by atoms with van der Waals surface area (Å²) in [5.41, 5.74) is -0.331. The molecule has 0 radical (unpaired) electrons. The lowest BCUT2D eigenvalue weighted by molar-refractivity contribution is 0.168. The van der Waals surface area contributed by atoms with Crippen molar-refractivity contribution in [2.75, 3.05) is 26.2 Å². The molecule has 1 heterocycles. The van der Waals surface area contributed by atoms with Gasteiger partial charge < -0.3 is 4.90 Å². The molecule has 2 atom stereocenters. The predicted molar refractivity (Wildman–Crippen MR) is 81.0 cm³/mol. The molecule has 1 fully saturated rings. The largest absolute Gasteiger partial charge is 0.303 e. The fourth-order valence-electron chi connectivity index (χ4n) is 3.08. The molecule has 0 aromatic heterocycles. The lowest BCUT2D eigenvalue weighted by Gasteiger charge is -2.32. The van der Waals surface area contributed by atoms with Crippen LogP contribution in [0.25, 0.3) is 0 Å². The minimum atomic E-state index is -0.331. The van der Waals surface area contributed by atoms with Crippen LogP contribution in [0.15, 0.2) is 0 Å². The summed E-state index contributed by atoms with van der Waals surface area (Å²) in [4.78, 5) is 2.62. The van der Waals surface area contributed by atoms with Gasteiger partial charge in [-0.15, -0.1) is 0 Å². The number of rotatable bonds is 8. The first-order chi connectivity index (χ1) is 9.13. The fourth-order valence-corrected chi connectivity index (χ4v) is 3.08. The monoisotopic (exact) mass is 265 g/mol. The van der Waals surface area contributed by atoms with Crippen LogP contribution in [0.4, 0.5) is 0 Å². The minimum absolute atomic E-state index is 0.331. The second kappa shape index (κ2) is 8.55. The van der Waals surface area contributed by atoms with Crippen LogP contribution in [0.2, 0.25) is 0 Å². The smallest absolute Gasteiger partial charge is 0.103 e. The third-order valence-electron chi connectivity index (χ3n) is 4.40. The Morgan fingerprint density at radius 1 is 1.37 bits per heavy atom. The van der Waals surface area contributed by atoms with Gasteiger partial charge >= 0.3 is 0 Å². The van der Waals surface area contributed by atoms with Crippen molar-refractivity contribution < 1.29 is 0 Å². The van der Waals surface area contributed by atoms with E-state index in [0.29, 0.717) is 0 Å². The Kier molecular flexibility index (Phi) is 7.41. The Labute approximate surface area is 119 Å². The number of nitrogens with zero attached hydrogens (tertiary/aromatic N) is 2. The second-order valence-electron chi connectivity index (χ2n) is 6.15. The number of hydrogen-bond acceptors (Lipinski definition) is 3. The first kappa shape index (κ1) is 16.5. The highest BCUT2D eigenvalue weighted by atomic mass is 15.1. The van der Waals surface area contributed by atoms with E-state index in [9.17, 15) is 5.26 Å². The molecule has 1 rings (SSSR count). The molecule has 1 saturated heterocycles. The minimum Gasteiger partial charge on any atom is -0.303 e. The number of likely N-dealkylation sites (tertiary alicyclic amines) is 1. The van der Waals surface area contributed by atoms with Crippen LogP contribution in [-0.2, 0) is 0 Å². The molecular weight excluding hydrogens is 234 g/mol. The van der Waals surface area contributed by atoms with Gasteiger partial charge in [0.15, 0.2) is 0 Å². The van der Waals surface area contributed by atoms with E-state index < -0.39 is 0 Å². The molecular formula is C16H31N3. The lowest BCUT2D eigenvalue weighted by Crippen LogP contribution is -2.41. The number of unbranched alkanes of at least 4 members (excludes halogenated alkanes) is 1. The summed E-state index contributed by atoms with van der Waals surface area (Å²) in [5, 5.41) is 12.5. The van der Waals surface area contributed by atoms with Gasteiger partial charge in [0.05, 0.1) is 6.07 Å². The molecule has 0 aromatic carbocycles. The Morgan fingerprint density at radius 2 is 2.16 bits per heavy atom. The zero-order chi connectivity index (χ0) is 14.1. The Morgan fingerprint density at radius 3 is 2.79 bits per heavy atom. The first-order valence-electron chi connectivity index (χ1n) is 8.02. The number of nitriles is 1. The SMILES string of the molecule is CCNC(C)(C#N)CCCCN1CCCC(CC)C1. The summed E-state index contributed by atoms with van der Waals surface area (Å²) in [6.45, 7) is 11.0. The summed E-state index contributed by atoms with van der Waals surface area (Å²) in [6, 6.07) is 2.41. The van der Waals surface area contributed by atoms with E-state index in [1.165, 1.54) is 45.3 Å². The molecule has 0 aromatic rings. The Bertz CT molecular complexity index is 284. The summed E-state index contributed by atoms with van der Waals surface area (Å²) >= 11 is 0. The topological polar surface area (TPSA) is 39.1 Å². The van der Waals surface area contributed by atoms with Gasteiger partial charge in [0, 0.05) is 6.54 Å². The summed E-state index contributed by atoms with van der Waals surface area (Å²) < 4.78 is 0. The highest BCUT2D eigenvalue weighted by Crippen LogP contribution is 2.20. The Hall–Kier alpha value is -0.590. The molecule has 1 aliphatic rings. The molecule has 0 saturated carbocycles. The van der Waals surface area contributed by atoms with Crippen LogP contribution >= 0.6 is 0 Å². The average molecular weight is 265 g/mol. The van der Waals surface area contributed by atoms with E-state index in [1.807, 2.05) is 6.92 Å². The van der Waals surface area contributed by atoms with E-state index in [0.717, 1.165) is 25.3 Å². The number of nitrogens with one attached hydrogen (secondary N) is 1. The van der Waals surface area contributed by atoms with E-state index in [1.54, 1.807) is 0 Å². The second-order valence-corrected chi connectivity index (χ2v) is 6.15. The van der Waals surface area contributed by atoms with Crippen molar-refractivity contribution in [3.8, 4) is 6.07 Å². The van der Waals surface area contributed by atoms with Crippen molar-refractivity contribution in [2.45, 2.75) is 64.8 Å².